The van der Waals surface area contributed by atoms with E-state index in [1.165, 1.54) is 5.57 Å². The average Bonchev–Trinajstić information content (AvgIpc) is 3.24. The van der Waals surface area contributed by atoms with Gasteiger partial charge in [0.2, 0.25) is 8.32 Å². The van der Waals surface area contributed by atoms with E-state index in [0.717, 1.165) is 56.0 Å². The molecule has 1 aliphatic carbocycles. The number of unbranched alkanes of at least 4 members (excludes halogenated alkanes) is 1. The minimum atomic E-state index is -2.14. The van der Waals surface area contributed by atoms with E-state index in [9.17, 15) is 9.90 Å². The number of ether oxygens (including phenoxy) is 1. The van der Waals surface area contributed by atoms with Gasteiger partial charge < -0.3 is 23.1 Å². The molecule has 0 saturated heterocycles. The van der Waals surface area contributed by atoms with Crippen LogP contribution in [-0.2, 0) is 22.8 Å². The lowest BCUT2D eigenvalue weighted by atomic mass is 9.89. The van der Waals surface area contributed by atoms with Gasteiger partial charge in [0.1, 0.15) is 6.61 Å². The molecule has 0 aromatic rings. The van der Waals surface area contributed by atoms with Gasteiger partial charge in [0.15, 0.2) is 22.7 Å². The third-order valence-electron chi connectivity index (χ3n) is 10.3. The van der Waals surface area contributed by atoms with Gasteiger partial charge in [-0.25, -0.2) is 4.79 Å². The smallest absolute Gasteiger partial charge is 0.333 e. The molecule has 278 valence electrons. The molecule has 1 N–H and O–H groups in total. The van der Waals surface area contributed by atoms with Crippen molar-refractivity contribution in [3.05, 3.63) is 23.5 Å². The van der Waals surface area contributed by atoms with Crippen molar-refractivity contribution >= 4 is 30.9 Å². The fourth-order valence-corrected chi connectivity index (χ4v) is 12.0. The molecule has 1 rings (SSSR count). The van der Waals surface area contributed by atoms with E-state index in [0.29, 0.717) is 6.42 Å². The summed E-state index contributed by atoms with van der Waals surface area (Å²) in [6.07, 6.45) is 9.29. The van der Waals surface area contributed by atoms with Crippen LogP contribution >= 0.6 is 0 Å². The Balaban J connectivity index is 3.66. The Morgan fingerprint density at radius 3 is 2.00 bits per heavy atom. The predicted octanol–water partition coefficient (Wildman–Crippen LogP) is 11.3. The minimum absolute atomic E-state index is 0.0117. The Hall–Kier alpha value is -1.16. The van der Waals surface area contributed by atoms with Gasteiger partial charge in [-0.2, -0.15) is 0 Å². The zero-order valence-corrected chi connectivity index (χ0v) is 36.9. The molecule has 0 bridgehead atoms. The lowest BCUT2D eigenvalue weighted by Gasteiger charge is -2.37. The molecule has 0 aromatic heterocycles. The van der Waals surface area contributed by atoms with Crippen molar-refractivity contribution in [1.82, 2.24) is 0 Å². The van der Waals surface area contributed by atoms with E-state index < -0.39 is 42.4 Å². The van der Waals surface area contributed by atoms with E-state index in [2.05, 4.69) is 112 Å². The largest absolute Gasteiger partial charge is 0.546 e. The average molecular weight is 723 g/mol. The second-order valence-corrected chi connectivity index (χ2v) is 31.6. The van der Waals surface area contributed by atoms with Crippen molar-refractivity contribution in [3.63, 3.8) is 0 Å². The monoisotopic (exact) mass is 722 g/mol. The molecular formula is C39H74O6Si3. The number of carboxylic acids is 1. The highest BCUT2D eigenvalue weighted by atomic mass is 28.4. The Morgan fingerprint density at radius 1 is 0.958 bits per heavy atom. The van der Waals surface area contributed by atoms with Gasteiger partial charge in [-0.05, 0) is 86.7 Å². The van der Waals surface area contributed by atoms with Crippen molar-refractivity contribution in [2.24, 2.45) is 11.3 Å². The fraction of sp³-hybridized carbons (Fsp3) is 0.821. The Kier molecular flexibility index (Phi) is 17.2. The molecule has 0 saturated carbocycles. The maximum Gasteiger partial charge on any atom is 0.333 e. The molecule has 9 heteroatoms. The van der Waals surface area contributed by atoms with Crippen LogP contribution in [-0.4, -0.2) is 60.4 Å². The zero-order valence-electron chi connectivity index (χ0n) is 33.9. The van der Waals surface area contributed by atoms with E-state index in [-0.39, 0.29) is 29.3 Å². The Labute approximate surface area is 299 Å². The number of hydrogen-bond acceptors (Lipinski definition) is 5. The summed E-state index contributed by atoms with van der Waals surface area (Å²) in [4.78, 5) is 11.8. The van der Waals surface area contributed by atoms with E-state index in [1.54, 1.807) is 0 Å². The van der Waals surface area contributed by atoms with Gasteiger partial charge in [-0.3, -0.25) is 0 Å². The van der Waals surface area contributed by atoms with Crippen LogP contribution in [0.25, 0.3) is 0 Å². The normalized spacial score (nSPS) is 20.1. The van der Waals surface area contributed by atoms with Crippen LogP contribution in [0.1, 0.15) is 115 Å². The predicted molar refractivity (Wildman–Crippen MR) is 211 cm³/mol. The molecule has 0 spiro atoms. The number of carboxylic acid groups (broad SMARTS) is 1. The molecule has 0 amide bonds. The van der Waals surface area contributed by atoms with Gasteiger partial charge in [0, 0.05) is 18.8 Å². The van der Waals surface area contributed by atoms with Crippen molar-refractivity contribution in [3.8, 4) is 11.8 Å². The molecule has 6 nitrogen and oxygen atoms in total. The molecule has 4 unspecified atom stereocenters. The van der Waals surface area contributed by atoms with Crippen molar-refractivity contribution in [2.75, 3.05) is 6.61 Å². The summed E-state index contributed by atoms with van der Waals surface area (Å²) in [5.41, 5.74) is 0.480. The summed E-state index contributed by atoms with van der Waals surface area (Å²) in [5, 5.41) is 9.75. The highest BCUT2D eigenvalue weighted by molar-refractivity contribution is 6.74. The van der Waals surface area contributed by atoms with Crippen LogP contribution in [0.5, 0.6) is 0 Å². The Morgan fingerprint density at radius 2 is 1.54 bits per heavy atom. The summed E-state index contributed by atoms with van der Waals surface area (Å²) in [5.74, 6) is 6.65. The van der Waals surface area contributed by atoms with Crippen LogP contribution in [0.15, 0.2) is 23.5 Å². The first-order valence-electron chi connectivity index (χ1n) is 18.7. The maximum absolute atomic E-state index is 11.8. The molecular weight excluding hydrogens is 649 g/mol. The summed E-state index contributed by atoms with van der Waals surface area (Å²) >= 11 is 0. The van der Waals surface area contributed by atoms with E-state index in [1.807, 2.05) is 20.8 Å². The van der Waals surface area contributed by atoms with Gasteiger partial charge in [0.05, 0.1) is 17.5 Å². The molecule has 1 aliphatic rings. The molecule has 48 heavy (non-hydrogen) atoms. The van der Waals surface area contributed by atoms with Crippen molar-refractivity contribution in [2.45, 2.75) is 188 Å². The standard InChI is InChI=1S/C39H74O6Si3/c1-17-21-27-39(11,45-46(12,13)14)28-24-26-32-31(25-22-23-29-42-35(36(40)41)37(5,6)7)33(43-47(15,16)38(8,9)10)30-34(32)44-48(18-2,19-3)20-4/h24,26,32,34-35H,17-21,25,27-30H2,1-16H3,(H,40,41)/b26-24+. The molecule has 0 aliphatic heterocycles. The topological polar surface area (TPSA) is 74.2 Å². The van der Waals surface area contributed by atoms with E-state index in [4.69, 9.17) is 18.0 Å². The zero-order chi connectivity index (χ0) is 37.2. The van der Waals surface area contributed by atoms with Crippen LogP contribution in [0.2, 0.25) is 55.9 Å². The summed E-state index contributed by atoms with van der Waals surface area (Å²) < 4.78 is 27.0. The first-order chi connectivity index (χ1) is 21.9. The Bertz CT molecular complexity index is 1130. The maximum atomic E-state index is 11.8. The number of carbonyl (C=O) groups is 1. The van der Waals surface area contributed by atoms with Gasteiger partial charge >= 0.3 is 5.97 Å². The first kappa shape index (κ1) is 44.9. The number of aliphatic carboxylic acids is 1. The molecule has 0 heterocycles. The third kappa shape index (κ3) is 13.9. The fourth-order valence-electron chi connectivity index (χ4n) is 6.29. The second-order valence-electron chi connectivity index (χ2n) is 17.8. The molecule has 4 atom stereocenters. The van der Waals surface area contributed by atoms with E-state index >= 15 is 0 Å². The minimum Gasteiger partial charge on any atom is -0.546 e. The second kappa shape index (κ2) is 18.4. The first-order valence-corrected chi connectivity index (χ1v) is 27.5. The summed E-state index contributed by atoms with van der Waals surface area (Å²) in [6, 6.07) is 3.28. The quantitative estimate of drug-likeness (QED) is 0.0813. The summed E-state index contributed by atoms with van der Waals surface area (Å²) in [6.45, 7) is 35.4. The SMILES string of the molecule is CCCCC(C)(C/C=C/C1C(CC#CCOC(C(=O)O)C(C)(C)C)=C(O[Si](C)(C)C(C)(C)C)CC1O[Si](CC)(CC)CC)O[Si](C)(C)C. The molecule has 0 fully saturated rings. The summed E-state index contributed by atoms with van der Waals surface area (Å²) in [7, 11) is -5.82. The van der Waals surface area contributed by atoms with Crippen LogP contribution in [0.3, 0.4) is 0 Å². The number of rotatable bonds is 19. The highest BCUT2D eigenvalue weighted by Gasteiger charge is 2.45. The third-order valence-corrected chi connectivity index (χ3v) is 20.5. The van der Waals surface area contributed by atoms with Crippen LogP contribution in [0.4, 0.5) is 0 Å². The lowest BCUT2D eigenvalue weighted by molar-refractivity contribution is -0.156. The van der Waals surface area contributed by atoms with Crippen molar-refractivity contribution < 1.29 is 27.9 Å². The molecule has 0 radical (unpaired) electrons. The van der Waals surface area contributed by atoms with Gasteiger partial charge in [-0.1, -0.05) is 106 Å². The molecule has 0 aromatic carbocycles. The van der Waals surface area contributed by atoms with Gasteiger partial charge in [-0.15, -0.1) is 0 Å². The highest BCUT2D eigenvalue weighted by Crippen LogP contribution is 2.45. The van der Waals surface area contributed by atoms with Crippen molar-refractivity contribution in [1.29, 1.82) is 0 Å². The van der Waals surface area contributed by atoms with Crippen LogP contribution in [0, 0.1) is 23.2 Å². The van der Waals surface area contributed by atoms with Gasteiger partial charge in [0.25, 0.3) is 0 Å². The number of hydrogen-bond donors (Lipinski definition) is 1. The lowest BCUT2D eigenvalue weighted by Crippen LogP contribution is -2.42. The van der Waals surface area contributed by atoms with Crippen LogP contribution < -0.4 is 0 Å².